The smallest absolute Gasteiger partial charge is 0.253 e. The Morgan fingerprint density at radius 1 is 1.11 bits per heavy atom. The highest BCUT2D eigenvalue weighted by Crippen LogP contribution is 2.36. The van der Waals surface area contributed by atoms with Gasteiger partial charge in [-0.25, -0.2) is 4.98 Å². The number of nitrogens with one attached hydrogen (secondary N) is 2. The van der Waals surface area contributed by atoms with E-state index < -0.39 is 5.54 Å². The first kappa shape index (κ1) is 16.3. The average Bonchev–Trinajstić information content (AvgIpc) is 3.17. The van der Waals surface area contributed by atoms with Gasteiger partial charge in [-0.1, -0.05) is 12.1 Å². The number of benzene rings is 2. The SMILES string of the molecule is O=C(c1ccc2scnc2c1)N1CCC2(CC1)Nc1ccccc1NC2=O. The number of para-hydroxylation sites is 2. The van der Waals surface area contributed by atoms with Gasteiger partial charge >= 0.3 is 0 Å². The summed E-state index contributed by atoms with van der Waals surface area (Å²) in [6.45, 7) is 1.08. The van der Waals surface area contributed by atoms with Gasteiger partial charge < -0.3 is 15.5 Å². The standard InChI is InChI=1S/C20H18N4O2S/c25-18(13-5-6-17-16(11-13)21-12-27-17)24-9-7-20(8-10-24)19(26)22-14-3-1-2-4-15(14)23-20/h1-6,11-12,23H,7-10H2,(H,22,26). The van der Waals surface area contributed by atoms with Crippen molar-refractivity contribution in [3.05, 3.63) is 53.5 Å². The van der Waals surface area contributed by atoms with E-state index in [4.69, 9.17) is 0 Å². The quantitative estimate of drug-likeness (QED) is 0.681. The maximum absolute atomic E-state index is 12.9. The average molecular weight is 378 g/mol. The van der Waals surface area contributed by atoms with Crippen LogP contribution in [0.5, 0.6) is 0 Å². The molecule has 3 aromatic rings. The van der Waals surface area contributed by atoms with Crippen molar-refractivity contribution < 1.29 is 9.59 Å². The third-order valence-corrected chi connectivity index (χ3v) is 6.28. The van der Waals surface area contributed by atoms with Gasteiger partial charge in [0.1, 0.15) is 5.54 Å². The van der Waals surface area contributed by atoms with Crippen LogP contribution < -0.4 is 10.6 Å². The second-order valence-corrected chi connectivity index (χ2v) is 7.92. The fourth-order valence-electron chi connectivity index (χ4n) is 3.87. The minimum absolute atomic E-state index is 0.00336. The summed E-state index contributed by atoms with van der Waals surface area (Å²) < 4.78 is 1.07. The minimum atomic E-state index is -0.649. The zero-order valence-electron chi connectivity index (χ0n) is 14.6. The largest absolute Gasteiger partial charge is 0.369 e. The Kier molecular flexibility index (Phi) is 3.65. The van der Waals surface area contributed by atoms with Crippen LogP contribution in [0.25, 0.3) is 10.2 Å². The van der Waals surface area contributed by atoms with Crippen LogP contribution in [-0.4, -0.2) is 40.3 Å². The molecule has 0 atom stereocenters. The van der Waals surface area contributed by atoms with E-state index in [0.717, 1.165) is 21.6 Å². The summed E-state index contributed by atoms with van der Waals surface area (Å²) in [5.41, 5.74) is 4.38. The lowest BCUT2D eigenvalue weighted by atomic mass is 9.84. The van der Waals surface area contributed by atoms with Crippen molar-refractivity contribution in [2.75, 3.05) is 23.7 Å². The van der Waals surface area contributed by atoms with E-state index in [9.17, 15) is 9.59 Å². The number of fused-ring (bicyclic) bond motifs is 2. The Morgan fingerprint density at radius 2 is 1.89 bits per heavy atom. The second kappa shape index (κ2) is 6.06. The molecule has 6 nitrogen and oxygen atoms in total. The summed E-state index contributed by atoms with van der Waals surface area (Å²) in [6.07, 6.45) is 1.16. The van der Waals surface area contributed by atoms with E-state index in [2.05, 4.69) is 15.6 Å². The van der Waals surface area contributed by atoms with Gasteiger partial charge in [0, 0.05) is 18.7 Å². The number of thiazole rings is 1. The molecule has 7 heteroatoms. The molecule has 1 saturated heterocycles. The van der Waals surface area contributed by atoms with Crippen LogP contribution in [0, 0.1) is 0 Å². The number of carbonyl (C=O) groups excluding carboxylic acids is 2. The van der Waals surface area contributed by atoms with Crippen molar-refractivity contribution in [1.82, 2.24) is 9.88 Å². The highest BCUT2D eigenvalue weighted by Gasteiger charge is 2.45. The predicted molar refractivity (Wildman–Crippen MR) is 106 cm³/mol. The van der Waals surface area contributed by atoms with Crippen molar-refractivity contribution >= 4 is 44.7 Å². The van der Waals surface area contributed by atoms with E-state index in [0.29, 0.717) is 31.5 Å². The first-order valence-corrected chi connectivity index (χ1v) is 9.84. The molecule has 1 fully saturated rings. The fourth-order valence-corrected chi connectivity index (χ4v) is 4.53. The molecule has 0 bridgehead atoms. The molecule has 0 saturated carbocycles. The fraction of sp³-hybridized carbons (Fsp3) is 0.250. The zero-order valence-corrected chi connectivity index (χ0v) is 15.4. The lowest BCUT2D eigenvalue weighted by molar-refractivity contribution is -0.122. The first-order chi connectivity index (χ1) is 13.1. The van der Waals surface area contributed by atoms with Gasteiger partial charge in [-0.2, -0.15) is 0 Å². The number of carbonyl (C=O) groups is 2. The molecule has 3 heterocycles. The lowest BCUT2D eigenvalue weighted by Gasteiger charge is -2.44. The van der Waals surface area contributed by atoms with Gasteiger partial charge in [0.2, 0.25) is 5.91 Å². The van der Waals surface area contributed by atoms with Crippen LogP contribution in [0.15, 0.2) is 48.0 Å². The molecule has 5 rings (SSSR count). The number of hydrogen-bond acceptors (Lipinski definition) is 5. The van der Waals surface area contributed by atoms with E-state index in [1.54, 1.807) is 16.8 Å². The Bertz CT molecular complexity index is 1050. The van der Waals surface area contributed by atoms with Crippen molar-refractivity contribution in [3.8, 4) is 0 Å². The summed E-state index contributed by atoms with van der Waals surface area (Å²) in [5, 5.41) is 6.42. The minimum Gasteiger partial charge on any atom is -0.369 e. The number of hydrogen-bond donors (Lipinski definition) is 2. The number of anilines is 2. The van der Waals surface area contributed by atoms with Crippen LogP contribution in [0.4, 0.5) is 11.4 Å². The predicted octanol–water partition coefficient (Wildman–Crippen LogP) is 3.34. The van der Waals surface area contributed by atoms with E-state index >= 15 is 0 Å². The topological polar surface area (TPSA) is 74.3 Å². The molecule has 2 aliphatic heterocycles. The van der Waals surface area contributed by atoms with Crippen LogP contribution in [-0.2, 0) is 4.79 Å². The van der Waals surface area contributed by atoms with Gasteiger partial charge in [-0.05, 0) is 43.2 Å². The molecule has 2 aromatic carbocycles. The van der Waals surface area contributed by atoms with Gasteiger partial charge in [-0.3, -0.25) is 9.59 Å². The Balaban J connectivity index is 1.34. The van der Waals surface area contributed by atoms with Gasteiger partial charge in [0.05, 0.1) is 27.1 Å². The van der Waals surface area contributed by atoms with Crippen LogP contribution in [0.3, 0.4) is 0 Å². The van der Waals surface area contributed by atoms with Crippen molar-refractivity contribution in [2.24, 2.45) is 0 Å². The van der Waals surface area contributed by atoms with Gasteiger partial charge in [-0.15, -0.1) is 11.3 Å². The molecule has 2 amide bonds. The second-order valence-electron chi connectivity index (χ2n) is 7.03. The van der Waals surface area contributed by atoms with Crippen molar-refractivity contribution in [3.63, 3.8) is 0 Å². The van der Waals surface area contributed by atoms with Crippen LogP contribution >= 0.6 is 11.3 Å². The number of amides is 2. The van der Waals surface area contributed by atoms with E-state index in [1.165, 1.54) is 0 Å². The summed E-state index contributed by atoms with van der Waals surface area (Å²) in [7, 11) is 0. The number of piperidine rings is 1. The maximum Gasteiger partial charge on any atom is 0.253 e. The Morgan fingerprint density at radius 3 is 2.70 bits per heavy atom. The summed E-state index contributed by atoms with van der Waals surface area (Å²) >= 11 is 1.56. The highest BCUT2D eigenvalue weighted by atomic mass is 32.1. The molecule has 2 aliphatic rings. The molecule has 1 aromatic heterocycles. The molecule has 0 aliphatic carbocycles. The number of aromatic nitrogens is 1. The normalized spacial score (nSPS) is 18.1. The number of likely N-dealkylation sites (tertiary alicyclic amines) is 1. The molecular weight excluding hydrogens is 360 g/mol. The molecule has 2 N–H and O–H groups in total. The first-order valence-electron chi connectivity index (χ1n) is 8.96. The third kappa shape index (κ3) is 2.66. The van der Waals surface area contributed by atoms with Crippen LogP contribution in [0.1, 0.15) is 23.2 Å². The van der Waals surface area contributed by atoms with E-state index in [1.807, 2.05) is 47.4 Å². The molecule has 0 radical (unpaired) electrons. The summed E-state index contributed by atoms with van der Waals surface area (Å²) in [6, 6.07) is 13.4. The summed E-state index contributed by atoms with van der Waals surface area (Å²) in [4.78, 5) is 31.7. The Hall–Kier alpha value is -2.93. The van der Waals surface area contributed by atoms with Crippen molar-refractivity contribution in [1.29, 1.82) is 0 Å². The van der Waals surface area contributed by atoms with Gasteiger partial charge in [0.15, 0.2) is 0 Å². The third-order valence-electron chi connectivity index (χ3n) is 5.47. The summed E-state index contributed by atoms with van der Waals surface area (Å²) in [5.74, 6) is -0.0199. The molecule has 27 heavy (non-hydrogen) atoms. The van der Waals surface area contributed by atoms with Crippen LogP contribution in [0.2, 0.25) is 0 Å². The molecule has 1 spiro atoms. The van der Waals surface area contributed by atoms with Gasteiger partial charge in [0.25, 0.3) is 5.91 Å². The Labute approximate surface area is 160 Å². The molecular formula is C20H18N4O2S. The highest BCUT2D eigenvalue weighted by molar-refractivity contribution is 7.16. The van der Waals surface area contributed by atoms with Crippen molar-refractivity contribution in [2.45, 2.75) is 18.4 Å². The maximum atomic E-state index is 12.9. The molecule has 136 valence electrons. The zero-order chi connectivity index (χ0) is 18.4. The monoisotopic (exact) mass is 378 g/mol. The van der Waals surface area contributed by atoms with E-state index in [-0.39, 0.29) is 11.8 Å². The number of rotatable bonds is 1. The molecule has 0 unspecified atom stereocenters. The number of nitrogens with zero attached hydrogens (tertiary/aromatic N) is 2. The lowest BCUT2D eigenvalue weighted by Crippen LogP contribution is -2.59.